The maximum absolute atomic E-state index is 4.39. The molecular formula is C14H18BrN3. The molecule has 1 heterocycles. The summed E-state index contributed by atoms with van der Waals surface area (Å²) in [4.78, 5) is 4.39. The zero-order chi connectivity index (χ0) is 12.8. The molecule has 96 valence electrons. The fourth-order valence-electron chi connectivity index (χ4n) is 1.78. The average molecular weight is 308 g/mol. The van der Waals surface area contributed by atoms with Crippen LogP contribution in [0.15, 0.2) is 41.3 Å². The molecule has 3 nitrogen and oxygen atoms in total. The Morgan fingerprint density at radius 3 is 2.78 bits per heavy atom. The lowest BCUT2D eigenvalue weighted by molar-refractivity contribution is 0.665. The number of benzene rings is 1. The molecule has 0 saturated carbocycles. The molecule has 0 bridgehead atoms. The van der Waals surface area contributed by atoms with E-state index in [0.717, 1.165) is 36.2 Å². The molecule has 1 aromatic heterocycles. The minimum absolute atomic E-state index is 0.848. The van der Waals surface area contributed by atoms with Gasteiger partial charge < -0.3 is 9.88 Å². The van der Waals surface area contributed by atoms with Crippen molar-refractivity contribution in [2.45, 2.75) is 26.4 Å². The van der Waals surface area contributed by atoms with Crippen LogP contribution in [-0.2, 0) is 13.1 Å². The second-order valence-electron chi connectivity index (χ2n) is 4.34. The third kappa shape index (κ3) is 3.96. The molecule has 0 spiro atoms. The van der Waals surface area contributed by atoms with Crippen molar-refractivity contribution in [2.75, 3.05) is 6.54 Å². The second kappa shape index (κ2) is 6.71. The maximum atomic E-state index is 4.39. The number of nitrogens with one attached hydrogen (secondary N) is 1. The van der Waals surface area contributed by atoms with Crippen molar-refractivity contribution >= 4 is 15.9 Å². The van der Waals surface area contributed by atoms with Gasteiger partial charge >= 0.3 is 0 Å². The average Bonchev–Trinajstić information content (AvgIpc) is 2.80. The molecule has 0 amide bonds. The van der Waals surface area contributed by atoms with Gasteiger partial charge in [-0.25, -0.2) is 4.98 Å². The van der Waals surface area contributed by atoms with Crippen LogP contribution in [0.2, 0.25) is 0 Å². The Kier molecular flexibility index (Phi) is 4.96. The first-order valence-electron chi connectivity index (χ1n) is 6.23. The quantitative estimate of drug-likeness (QED) is 0.831. The van der Waals surface area contributed by atoms with Gasteiger partial charge in [-0.1, -0.05) is 35.0 Å². The van der Waals surface area contributed by atoms with Gasteiger partial charge in [0.15, 0.2) is 0 Å². The van der Waals surface area contributed by atoms with Crippen molar-refractivity contribution in [3.63, 3.8) is 0 Å². The van der Waals surface area contributed by atoms with E-state index in [2.05, 4.69) is 68.2 Å². The number of aromatic nitrogens is 2. The molecule has 0 aliphatic carbocycles. The zero-order valence-corrected chi connectivity index (χ0v) is 12.2. The highest BCUT2D eigenvalue weighted by atomic mass is 79.9. The number of rotatable bonds is 6. The molecular weight excluding hydrogens is 290 g/mol. The predicted octanol–water partition coefficient (Wildman–Crippen LogP) is 3.19. The normalized spacial score (nSPS) is 10.8. The molecule has 0 aliphatic heterocycles. The minimum atomic E-state index is 0.848. The highest BCUT2D eigenvalue weighted by Crippen LogP contribution is 2.11. The van der Waals surface area contributed by atoms with Crippen molar-refractivity contribution in [2.24, 2.45) is 0 Å². The van der Waals surface area contributed by atoms with E-state index >= 15 is 0 Å². The molecule has 0 unspecified atom stereocenters. The predicted molar refractivity (Wildman–Crippen MR) is 77.5 cm³/mol. The van der Waals surface area contributed by atoms with Gasteiger partial charge in [0.05, 0.1) is 12.0 Å². The summed E-state index contributed by atoms with van der Waals surface area (Å²) in [5, 5.41) is 3.35. The summed E-state index contributed by atoms with van der Waals surface area (Å²) < 4.78 is 3.23. The molecule has 0 radical (unpaired) electrons. The molecule has 2 aromatic rings. The Hall–Kier alpha value is -1.13. The Balaban J connectivity index is 1.91. The lowest BCUT2D eigenvalue weighted by Crippen LogP contribution is -2.13. The SMILES string of the molecule is CCCNCc1cn(Cc2ccc(Br)cc2)cn1. The van der Waals surface area contributed by atoms with Crippen molar-refractivity contribution in [3.05, 3.63) is 52.5 Å². The van der Waals surface area contributed by atoms with Gasteiger partial charge in [0.25, 0.3) is 0 Å². The Morgan fingerprint density at radius 1 is 1.28 bits per heavy atom. The van der Waals surface area contributed by atoms with Gasteiger partial charge in [0.1, 0.15) is 0 Å². The topological polar surface area (TPSA) is 29.9 Å². The Labute approximate surface area is 116 Å². The number of hydrogen-bond acceptors (Lipinski definition) is 2. The highest BCUT2D eigenvalue weighted by Gasteiger charge is 1.99. The van der Waals surface area contributed by atoms with Crippen molar-refractivity contribution in [1.29, 1.82) is 0 Å². The maximum Gasteiger partial charge on any atom is 0.0953 e. The summed E-state index contributed by atoms with van der Waals surface area (Å²) in [5.41, 5.74) is 2.38. The van der Waals surface area contributed by atoms with Gasteiger partial charge in [0, 0.05) is 23.8 Å². The van der Waals surface area contributed by atoms with Crippen molar-refractivity contribution < 1.29 is 0 Å². The van der Waals surface area contributed by atoms with E-state index < -0.39 is 0 Å². The second-order valence-corrected chi connectivity index (χ2v) is 5.26. The summed E-state index contributed by atoms with van der Waals surface area (Å²) in [6.07, 6.45) is 5.15. The van der Waals surface area contributed by atoms with Crippen LogP contribution in [-0.4, -0.2) is 16.1 Å². The number of nitrogens with zero attached hydrogens (tertiary/aromatic N) is 2. The number of imidazole rings is 1. The monoisotopic (exact) mass is 307 g/mol. The standard InChI is InChI=1S/C14H18BrN3/c1-2-7-16-8-14-10-18(11-17-14)9-12-3-5-13(15)6-4-12/h3-6,10-11,16H,2,7-9H2,1H3. The van der Waals surface area contributed by atoms with Gasteiger partial charge in [-0.05, 0) is 30.7 Å². The van der Waals surface area contributed by atoms with Crippen LogP contribution in [0.4, 0.5) is 0 Å². The number of halogens is 1. The highest BCUT2D eigenvalue weighted by molar-refractivity contribution is 9.10. The molecule has 18 heavy (non-hydrogen) atoms. The fraction of sp³-hybridized carbons (Fsp3) is 0.357. The first-order chi connectivity index (χ1) is 8.78. The molecule has 2 rings (SSSR count). The lowest BCUT2D eigenvalue weighted by Gasteiger charge is -2.02. The molecule has 0 atom stereocenters. The lowest BCUT2D eigenvalue weighted by atomic mass is 10.2. The Bertz CT molecular complexity index is 476. The largest absolute Gasteiger partial charge is 0.333 e. The third-order valence-electron chi connectivity index (χ3n) is 2.70. The van der Waals surface area contributed by atoms with Crippen LogP contribution >= 0.6 is 15.9 Å². The van der Waals surface area contributed by atoms with Crippen molar-refractivity contribution in [3.8, 4) is 0 Å². The summed E-state index contributed by atoms with van der Waals surface area (Å²) >= 11 is 3.44. The summed E-state index contributed by atoms with van der Waals surface area (Å²) in [6, 6.07) is 8.38. The van der Waals surface area contributed by atoms with E-state index in [-0.39, 0.29) is 0 Å². The van der Waals surface area contributed by atoms with E-state index in [4.69, 9.17) is 0 Å². The van der Waals surface area contributed by atoms with Gasteiger partial charge in [-0.3, -0.25) is 0 Å². The summed E-state index contributed by atoms with van der Waals surface area (Å²) in [7, 11) is 0. The molecule has 4 heteroatoms. The van der Waals surface area contributed by atoms with Crippen LogP contribution in [0.1, 0.15) is 24.6 Å². The van der Waals surface area contributed by atoms with Crippen LogP contribution in [0.5, 0.6) is 0 Å². The van der Waals surface area contributed by atoms with Crippen LogP contribution in [0.3, 0.4) is 0 Å². The molecule has 0 saturated heterocycles. The van der Waals surface area contributed by atoms with E-state index in [1.54, 1.807) is 0 Å². The Morgan fingerprint density at radius 2 is 2.06 bits per heavy atom. The van der Waals surface area contributed by atoms with Gasteiger partial charge in [-0.2, -0.15) is 0 Å². The van der Waals surface area contributed by atoms with Crippen LogP contribution in [0.25, 0.3) is 0 Å². The number of hydrogen-bond donors (Lipinski definition) is 1. The minimum Gasteiger partial charge on any atom is -0.333 e. The van der Waals surface area contributed by atoms with E-state index in [0.29, 0.717) is 0 Å². The van der Waals surface area contributed by atoms with E-state index in [1.165, 1.54) is 5.56 Å². The van der Waals surface area contributed by atoms with E-state index in [9.17, 15) is 0 Å². The molecule has 0 fully saturated rings. The molecule has 1 N–H and O–H groups in total. The van der Waals surface area contributed by atoms with Crippen LogP contribution < -0.4 is 5.32 Å². The first kappa shape index (κ1) is 13.3. The van der Waals surface area contributed by atoms with Crippen molar-refractivity contribution in [1.82, 2.24) is 14.9 Å². The molecule has 0 aliphatic rings. The zero-order valence-electron chi connectivity index (χ0n) is 10.6. The fourth-order valence-corrected chi connectivity index (χ4v) is 2.04. The first-order valence-corrected chi connectivity index (χ1v) is 7.03. The van der Waals surface area contributed by atoms with Gasteiger partial charge in [-0.15, -0.1) is 0 Å². The third-order valence-corrected chi connectivity index (χ3v) is 3.23. The van der Waals surface area contributed by atoms with Gasteiger partial charge in [0.2, 0.25) is 0 Å². The smallest absolute Gasteiger partial charge is 0.0953 e. The summed E-state index contributed by atoms with van der Waals surface area (Å²) in [5.74, 6) is 0. The summed E-state index contributed by atoms with van der Waals surface area (Å²) in [6.45, 7) is 4.92. The van der Waals surface area contributed by atoms with E-state index in [1.807, 2.05) is 6.33 Å². The van der Waals surface area contributed by atoms with Crippen LogP contribution in [0, 0.1) is 0 Å². The molecule has 1 aromatic carbocycles.